The van der Waals surface area contributed by atoms with E-state index in [1.165, 1.54) is 11.1 Å². The Morgan fingerprint density at radius 1 is 1.07 bits per heavy atom. The molecule has 0 atom stereocenters. The van der Waals surface area contributed by atoms with E-state index >= 15 is 0 Å². The fourth-order valence-electron chi connectivity index (χ4n) is 4.30. The van der Waals surface area contributed by atoms with Crippen LogP contribution in [0.25, 0.3) is 5.82 Å². The molecular weight excluding hydrogens is 348 g/mol. The summed E-state index contributed by atoms with van der Waals surface area (Å²) in [5.41, 5.74) is 3.46. The molecule has 2 aromatic heterocycles. The summed E-state index contributed by atoms with van der Waals surface area (Å²) in [5.74, 6) is 1.42. The summed E-state index contributed by atoms with van der Waals surface area (Å²) < 4.78 is 1.70. The lowest BCUT2D eigenvalue weighted by atomic mass is 9.73. The molecule has 0 unspecified atom stereocenters. The Hall–Kier alpha value is -2.95. The van der Waals surface area contributed by atoms with E-state index in [2.05, 4.69) is 46.2 Å². The Balaban J connectivity index is 1.31. The number of aromatic nitrogens is 3. The van der Waals surface area contributed by atoms with Gasteiger partial charge in [-0.1, -0.05) is 24.3 Å². The summed E-state index contributed by atoms with van der Waals surface area (Å²) in [7, 11) is 0. The molecule has 5 heteroatoms. The minimum atomic E-state index is 0.121. The molecule has 2 saturated carbocycles. The highest BCUT2D eigenvalue weighted by Gasteiger charge is 2.44. The molecule has 0 radical (unpaired) electrons. The number of amides is 1. The van der Waals surface area contributed by atoms with Crippen molar-refractivity contribution in [2.45, 2.75) is 50.6 Å². The summed E-state index contributed by atoms with van der Waals surface area (Å²) >= 11 is 0. The van der Waals surface area contributed by atoms with Gasteiger partial charge in [0.05, 0.1) is 5.56 Å². The van der Waals surface area contributed by atoms with Gasteiger partial charge in [0.25, 0.3) is 5.91 Å². The van der Waals surface area contributed by atoms with Gasteiger partial charge in [-0.3, -0.25) is 4.79 Å². The molecule has 0 N–H and O–H groups in total. The summed E-state index contributed by atoms with van der Waals surface area (Å²) in [4.78, 5) is 19.8. The van der Waals surface area contributed by atoms with Crippen LogP contribution in [-0.4, -0.2) is 37.7 Å². The van der Waals surface area contributed by atoms with Gasteiger partial charge < -0.3 is 4.90 Å². The van der Waals surface area contributed by atoms with Gasteiger partial charge in [0.2, 0.25) is 0 Å². The second-order valence-corrected chi connectivity index (χ2v) is 7.98. The number of pyridine rings is 1. The maximum Gasteiger partial charge on any atom is 0.255 e. The van der Waals surface area contributed by atoms with Crippen molar-refractivity contribution in [3.05, 3.63) is 77.7 Å². The number of carbonyl (C=O) groups excluding carboxylic acids is 1. The first-order chi connectivity index (χ1) is 13.7. The lowest BCUT2D eigenvalue weighted by molar-refractivity contribution is 0.0516. The third-order valence-electron chi connectivity index (χ3n) is 6.04. The zero-order valence-electron chi connectivity index (χ0n) is 16.0. The molecule has 5 nitrogen and oxygen atoms in total. The highest BCUT2D eigenvalue weighted by molar-refractivity contribution is 5.94. The Bertz CT molecular complexity index is 970. The second kappa shape index (κ2) is 6.89. The molecule has 0 bridgehead atoms. The fraction of sp³-hybridized carbons (Fsp3) is 0.348. The number of hydrogen-bond acceptors (Lipinski definition) is 3. The van der Waals surface area contributed by atoms with Crippen LogP contribution in [0.3, 0.4) is 0 Å². The van der Waals surface area contributed by atoms with Crippen molar-refractivity contribution in [2.24, 2.45) is 0 Å². The first kappa shape index (κ1) is 17.2. The van der Waals surface area contributed by atoms with Crippen molar-refractivity contribution in [1.29, 1.82) is 0 Å². The van der Waals surface area contributed by atoms with Crippen molar-refractivity contribution in [3.63, 3.8) is 0 Å². The van der Waals surface area contributed by atoms with Gasteiger partial charge >= 0.3 is 0 Å². The van der Waals surface area contributed by atoms with Crippen LogP contribution >= 0.6 is 0 Å². The van der Waals surface area contributed by atoms with Gasteiger partial charge in [-0.05, 0) is 67.9 Å². The van der Waals surface area contributed by atoms with Gasteiger partial charge in [0, 0.05) is 30.7 Å². The van der Waals surface area contributed by atoms with Crippen LogP contribution in [-0.2, 0) is 0 Å². The van der Waals surface area contributed by atoms with E-state index in [0.717, 1.165) is 31.5 Å². The lowest BCUT2D eigenvalue weighted by Crippen LogP contribution is -2.48. The van der Waals surface area contributed by atoms with E-state index in [1.54, 1.807) is 17.1 Å². The summed E-state index contributed by atoms with van der Waals surface area (Å²) in [6, 6.07) is 15.0. The van der Waals surface area contributed by atoms with Crippen LogP contribution < -0.4 is 0 Å². The molecule has 2 aliphatic rings. The van der Waals surface area contributed by atoms with E-state index in [4.69, 9.17) is 0 Å². The monoisotopic (exact) mass is 372 g/mol. The summed E-state index contributed by atoms with van der Waals surface area (Å²) in [6.07, 6.45) is 9.62. The molecule has 2 fully saturated rings. The van der Waals surface area contributed by atoms with Crippen molar-refractivity contribution < 1.29 is 4.79 Å². The van der Waals surface area contributed by atoms with E-state index in [1.807, 2.05) is 24.4 Å². The molecule has 1 amide bonds. The minimum absolute atomic E-state index is 0.121. The quantitative estimate of drug-likeness (QED) is 0.677. The van der Waals surface area contributed by atoms with Gasteiger partial charge in [0.15, 0.2) is 5.82 Å². The molecule has 3 aromatic rings. The molecule has 142 valence electrons. The average Bonchev–Trinajstić information content (AvgIpc) is 3.37. The van der Waals surface area contributed by atoms with Crippen molar-refractivity contribution in [3.8, 4) is 5.82 Å². The standard InChI is InChI=1S/C23H24N4O/c1-16-5-2-3-6-21(16)18-13-20(14-18)27(19-8-9-19)23(28)17-7-10-22(24-15-17)26-12-4-11-25-26/h2-7,10-12,15,18-20H,8-9,13-14H2,1H3. The molecule has 0 spiro atoms. The predicted molar refractivity (Wildman–Crippen MR) is 107 cm³/mol. The molecule has 2 heterocycles. The highest BCUT2D eigenvalue weighted by Crippen LogP contribution is 2.44. The van der Waals surface area contributed by atoms with Crippen molar-refractivity contribution in [2.75, 3.05) is 0 Å². The van der Waals surface area contributed by atoms with E-state index in [0.29, 0.717) is 23.6 Å². The highest BCUT2D eigenvalue weighted by atomic mass is 16.2. The van der Waals surface area contributed by atoms with Crippen LogP contribution in [0, 0.1) is 6.92 Å². The summed E-state index contributed by atoms with van der Waals surface area (Å²) in [5, 5.41) is 4.19. The van der Waals surface area contributed by atoms with Crippen LogP contribution in [0.15, 0.2) is 61.1 Å². The smallest absolute Gasteiger partial charge is 0.255 e. The SMILES string of the molecule is Cc1ccccc1C1CC(N(C(=O)c2ccc(-n3cccn3)nc2)C2CC2)C1. The molecule has 1 aromatic carbocycles. The second-order valence-electron chi connectivity index (χ2n) is 7.98. The lowest BCUT2D eigenvalue weighted by Gasteiger charge is -2.44. The normalized spacial score (nSPS) is 21.2. The topological polar surface area (TPSA) is 51.0 Å². The zero-order chi connectivity index (χ0) is 19.1. The third-order valence-corrected chi connectivity index (χ3v) is 6.04. The molecule has 0 saturated heterocycles. The Kier molecular flexibility index (Phi) is 4.23. The number of rotatable bonds is 5. The van der Waals surface area contributed by atoms with Crippen molar-refractivity contribution in [1.82, 2.24) is 19.7 Å². The largest absolute Gasteiger partial charge is 0.333 e. The number of benzene rings is 1. The Morgan fingerprint density at radius 2 is 1.89 bits per heavy atom. The zero-order valence-corrected chi connectivity index (χ0v) is 16.0. The maximum atomic E-state index is 13.2. The number of carbonyl (C=O) groups is 1. The Labute approximate surface area is 165 Å². The van der Waals surface area contributed by atoms with Crippen LogP contribution in [0.5, 0.6) is 0 Å². The third kappa shape index (κ3) is 3.11. The first-order valence-corrected chi connectivity index (χ1v) is 10.0. The number of aryl methyl sites for hydroxylation is 1. The van der Waals surface area contributed by atoms with Crippen LogP contribution in [0.4, 0.5) is 0 Å². The molecule has 5 rings (SSSR count). The maximum absolute atomic E-state index is 13.2. The van der Waals surface area contributed by atoms with Gasteiger partial charge in [-0.15, -0.1) is 0 Å². The van der Waals surface area contributed by atoms with Gasteiger partial charge in [-0.25, -0.2) is 9.67 Å². The summed E-state index contributed by atoms with van der Waals surface area (Å²) in [6.45, 7) is 2.18. The predicted octanol–water partition coefficient (Wildman–Crippen LogP) is 4.13. The van der Waals surface area contributed by atoms with Gasteiger partial charge in [-0.2, -0.15) is 5.10 Å². The average molecular weight is 372 g/mol. The molecular formula is C23H24N4O. The van der Waals surface area contributed by atoms with Crippen LogP contribution in [0.1, 0.15) is 53.1 Å². The van der Waals surface area contributed by atoms with E-state index in [9.17, 15) is 4.79 Å². The number of hydrogen-bond donors (Lipinski definition) is 0. The van der Waals surface area contributed by atoms with E-state index in [-0.39, 0.29) is 5.91 Å². The molecule has 28 heavy (non-hydrogen) atoms. The first-order valence-electron chi connectivity index (χ1n) is 10.0. The van der Waals surface area contributed by atoms with Crippen molar-refractivity contribution >= 4 is 5.91 Å². The van der Waals surface area contributed by atoms with E-state index < -0.39 is 0 Å². The molecule has 0 aliphatic heterocycles. The van der Waals surface area contributed by atoms with Crippen LogP contribution in [0.2, 0.25) is 0 Å². The minimum Gasteiger partial charge on any atom is -0.333 e. The fourth-order valence-corrected chi connectivity index (χ4v) is 4.30. The van der Waals surface area contributed by atoms with Gasteiger partial charge in [0.1, 0.15) is 0 Å². The molecule has 2 aliphatic carbocycles. The Morgan fingerprint density at radius 3 is 2.54 bits per heavy atom. The number of nitrogens with zero attached hydrogens (tertiary/aromatic N) is 4.